The fraction of sp³-hybridized carbons (Fsp3) is 0.476. The maximum absolute atomic E-state index is 12.6. The highest BCUT2D eigenvalue weighted by Gasteiger charge is 2.33. The summed E-state index contributed by atoms with van der Waals surface area (Å²) in [5.74, 6) is -0.400. The number of rotatable bonds is 8. The van der Waals surface area contributed by atoms with Crippen molar-refractivity contribution in [1.29, 1.82) is 0 Å². The number of carbonyl (C=O) groups excluding carboxylic acids is 2. The Kier molecular flexibility index (Phi) is 6.63. The smallest absolute Gasteiger partial charge is 0.281 e. The van der Waals surface area contributed by atoms with Gasteiger partial charge >= 0.3 is 0 Å². The van der Waals surface area contributed by atoms with E-state index in [1.165, 1.54) is 18.4 Å². The van der Waals surface area contributed by atoms with E-state index in [0.717, 1.165) is 36.9 Å². The van der Waals surface area contributed by atoms with Crippen molar-refractivity contribution in [1.82, 2.24) is 5.32 Å². The van der Waals surface area contributed by atoms with Crippen molar-refractivity contribution in [2.75, 3.05) is 24.6 Å². The topological polar surface area (TPSA) is 71.0 Å². The van der Waals surface area contributed by atoms with Crippen LogP contribution in [0.4, 0.5) is 5.69 Å². The molecule has 0 bridgehead atoms. The average Bonchev–Trinajstić information content (AvgIpc) is 2.95. The van der Waals surface area contributed by atoms with Gasteiger partial charge < -0.3 is 15.1 Å². The number of hydrogen-bond acceptors (Lipinski definition) is 4. The number of fused-ring (bicyclic) bond motifs is 1. The van der Waals surface area contributed by atoms with Gasteiger partial charge in [-0.15, -0.1) is 0 Å². The summed E-state index contributed by atoms with van der Waals surface area (Å²) in [6.07, 6.45) is 8.81. The van der Waals surface area contributed by atoms with E-state index >= 15 is 0 Å². The summed E-state index contributed by atoms with van der Waals surface area (Å²) in [5, 5.41) is 6.81. The number of carbonyl (C=O) groups is 2. The Labute approximate surface area is 160 Å². The first-order chi connectivity index (χ1) is 13.2. The number of hydrogen-bond donors (Lipinski definition) is 1. The number of para-hydroxylation sites is 1. The van der Waals surface area contributed by atoms with Gasteiger partial charge in [0.15, 0.2) is 12.3 Å². The van der Waals surface area contributed by atoms with E-state index in [1.807, 2.05) is 31.2 Å². The molecule has 1 aromatic rings. The van der Waals surface area contributed by atoms with Gasteiger partial charge in [-0.1, -0.05) is 41.9 Å². The van der Waals surface area contributed by atoms with Crippen LogP contribution in [0.25, 0.3) is 0 Å². The first-order valence-corrected chi connectivity index (χ1v) is 9.76. The highest BCUT2D eigenvalue weighted by Crippen LogP contribution is 2.29. The van der Waals surface area contributed by atoms with Gasteiger partial charge in [-0.25, -0.2) is 0 Å². The molecule has 2 amide bonds. The second-order valence-electron chi connectivity index (χ2n) is 6.90. The molecule has 0 unspecified atom stereocenters. The summed E-state index contributed by atoms with van der Waals surface area (Å²) in [4.78, 5) is 31.4. The third-order valence-corrected chi connectivity index (χ3v) is 4.85. The van der Waals surface area contributed by atoms with E-state index in [4.69, 9.17) is 4.84 Å². The zero-order valence-corrected chi connectivity index (χ0v) is 15.9. The summed E-state index contributed by atoms with van der Waals surface area (Å²) in [5.41, 5.74) is 3.28. The molecule has 0 atom stereocenters. The van der Waals surface area contributed by atoms with E-state index in [2.05, 4.69) is 16.5 Å². The summed E-state index contributed by atoms with van der Waals surface area (Å²) in [6, 6.07) is 7.51. The third kappa shape index (κ3) is 4.76. The number of nitrogens with one attached hydrogen (secondary N) is 1. The number of nitrogens with zero attached hydrogens (tertiary/aromatic N) is 2. The fourth-order valence-corrected chi connectivity index (χ4v) is 3.50. The maximum atomic E-state index is 12.6. The fourth-order valence-electron chi connectivity index (χ4n) is 3.50. The van der Waals surface area contributed by atoms with Crippen molar-refractivity contribution in [2.45, 2.75) is 45.4 Å². The first-order valence-electron chi connectivity index (χ1n) is 9.76. The Balaban J connectivity index is 1.51. The largest absolute Gasteiger partial charge is 0.385 e. The minimum absolute atomic E-state index is 0.178. The number of allylic oxidation sites excluding steroid dienone is 1. The lowest BCUT2D eigenvalue weighted by Gasteiger charge is -2.14. The zero-order valence-electron chi connectivity index (χ0n) is 15.9. The molecule has 0 saturated carbocycles. The number of amides is 2. The van der Waals surface area contributed by atoms with Gasteiger partial charge in [0.1, 0.15) is 0 Å². The van der Waals surface area contributed by atoms with Gasteiger partial charge in [0.2, 0.25) is 0 Å². The lowest BCUT2D eigenvalue weighted by molar-refractivity contribution is -0.125. The molecule has 1 aromatic carbocycles. The SMILES string of the molecule is CCCN1C(=O)C(=NOCC(=O)NCCC2=CCCCC2)c2ccccc21. The van der Waals surface area contributed by atoms with E-state index in [1.54, 1.807) is 4.90 Å². The van der Waals surface area contributed by atoms with Gasteiger partial charge in [0.25, 0.3) is 11.8 Å². The minimum atomic E-state index is -0.222. The summed E-state index contributed by atoms with van der Waals surface area (Å²) < 4.78 is 0. The second-order valence-corrected chi connectivity index (χ2v) is 6.90. The third-order valence-electron chi connectivity index (χ3n) is 4.85. The highest BCUT2D eigenvalue weighted by atomic mass is 16.6. The molecule has 1 aliphatic heterocycles. The molecule has 144 valence electrons. The van der Waals surface area contributed by atoms with E-state index in [9.17, 15) is 9.59 Å². The van der Waals surface area contributed by atoms with Crippen LogP contribution in [0, 0.1) is 0 Å². The molecule has 0 spiro atoms. The highest BCUT2D eigenvalue weighted by molar-refractivity contribution is 6.54. The molecule has 1 aliphatic carbocycles. The normalized spacial score (nSPS) is 17.7. The molecule has 1 N–H and O–H groups in total. The van der Waals surface area contributed by atoms with Crippen LogP contribution in [-0.4, -0.2) is 37.2 Å². The van der Waals surface area contributed by atoms with Crippen molar-refractivity contribution < 1.29 is 14.4 Å². The molecule has 0 radical (unpaired) electrons. The van der Waals surface area contributed by atoms with Crippen LogP contribution in [0.5, 0.6) is 0 Å². The summed E-state index contributed by atoms with van der Waals surface area (Å²) in [6.45, 7) is 3.07. The number of oxime groups is 1. The average molecular weight is 369 g/mol. The van der Waals surface area contributed by atoms with Crippen LogP contribution < -0.4 is 10.2 Å². The molecule has 0 aromatic heterocycles. The molecule has 27 heavy (non-hydrogen) atoms. The van der Waals surface area contributed by atoms with Crippen molar-refractivity contribution >= 4 is 23.2 Å². The molecule has 6 nitrogen and oxygen atoms in total. The maximum Gasteiger partial charge on any atom is 0.281 e. The molecule has 1 heterocycles. The number of anilines is 1. The predicted molar refractivity (Wildman–Crippen MR) is 106 cm³/mol. The van der Waals surface area contributed by atoms with Gasteiger partial charge in [0.05, 0.1) is 5.69 Å². The van der Waals surface area contributed by atoms with E-state index in [-0.39, 0.29) is 24.1 Å². The Morgan fingerprint density at radius 2 is 2.15 bits per heavy atom. The van der Waals surface area contributed by atoms with Crippen LogP contribution in [0.3, 0.4) is 0 Å². The lowest BCUT2D eigenvalue weighted by atomic mass is 9.97. The summed E-state index contributed by atoms with van der Waals surface area (Å²) in [7, 11) is 0. The zero-order chi connectivity index (χ0) is 19.1. The molecule has 6 heteroatoms. The molecular weight excluding hydrogens is 342 g/mol. The molecule has 0 saturated heterocycles. The van der Waals surface area contributed by atoms with Gasteiger partial charge in [-0.2, -0.15) is 0 Å². The van der Waals surface area contributed by atoms with Crippen molar-refractivity contribution in [2.24, 2.45) is 5.16 Å². The van der Waals surface area contributed by atoms with Crippen LogP contribution >= 0.6 is 0 Å². The van der Waals surface area contributed by atoms with Gasteiger partial charge in [0, 0.05) is 18.7 Å². The Morgan fingerprint density at radius 3 is 2.93 bits per heavy atom. The van der Waals surface area contributed by atoms with E-state index < -0.39 is 0 Å². The Hall–Kier alpha value is -2.63. The predicted octanol–water partition coefficient (Wildman–Crippen LogP) is 3.17. The molecule has 2 aliphatic rings. The quantitative estimate of drug-likeness (QED) is 0.565. The van der Waals surface area contributed by atoms with Crippen LogP contribution in [0.1, 0.15) is 51.0 Å². The first kappa shape index (κ1) is 19.1. The van der Waals surface area contributed by atoms with E-state index in [0.29, 0.717) is 13.1 Å². The van der Waals surface area contributed by atoms with Crippen LogP contribution in [0.15, 0.2) is 41.1 Å². The Morgan fingerprint density at radius 1 is 1.30 bits per heavy atom. The van der Waals surface area contributed by atoms with Crippen molar-refractivity contribution in [3.05, 3.63) is 41.5 Å². The van der Waals surface area contributed by atoms with Gasteiger partial charge in [-0.3, -0.25) is 9.59 Å². The summed E-state index contributed by atoms with van der Waals surface area (Å²) >= 11 is 0. The molecule has 3 rings (SSSR count). The monoisotopic (exact) mass is 369 g/mol. The number of benzene rings is 1. The standard InChI is InChI=1S/C21H27N3O3/c1-2-14-24-18-11-7-6-10-17(18)20(21(24)26)23-27-15-19(25)22-13-12-16-8-4-3-5-9-16/h6-8,10-11H,2-5,9,12-15H2,1H3,(H,22,25). The van der Waals surface area contributed by atoms with Crippen molar-refractivity contribution in [3.63, 3.8) is 0 Å². The minimum Gasteiger partial charge on any atom is -0.385 e. The van der Waals surface area contributed by atoms with Gasteiger partial charge in [-0.05, 0) is 44.6 Å². The lowest BCUT2D eigenvalue weighted by Crippen LogP contribution is -2.31. The van der Waals surface area contributed by atoms with Crippen molar-refractivity contribution in [3.8, 4) is 0 Å². The molecule has 0 fully saturated rings. The van der Waals surface area contributed by atoms with Crippen LogP contribution in [-0.2, 0) is 14.4 Å². The van der Waals surface area contributed by atoms with Crippen LogP contribution in [0.2, 0.25) is 0 Å². The molecular formula is C21H27N3O3. The second kappa shape index (κ2) is 9.35. The Bertz CT molecular complexity index is 755.